The first kappa shape index (κ1) is 22.7. The van der Waals surface area contributed by atoms with Crippen LogP contribution in [0.1, 0.15) is 31.2 Å². The van der Waals surface area contributed by atoms with Crippen LogP contribution in [0.5, 0.6) is 11.5 Å². The van der Waals surface area contributed by atoms with Gasteiger partial charge >= 0.3 is 0 Å². The van der Waals surface area contributed by atoms with Gasteiger partial charge in [-0.15, -0.1) is 0 Å². The number of rotatable bonds is 8. The zero-order valence-corrected chi connectivity index (χ0v) is 20.2. The average Bonchev–Trinajstić information content (AvgIpc) is 2.87. The molecule has 1 aliphatic carbocycles. The third-order valence-corrected chi connectivity index (χ3v) is 6.89. The van der Waals surface area contributed by atoms with Crippen molar-refractivity contribution in [2.75, 3.05) is 50.6 Å². The fourth-order valence-electron chi connectivity index (χ4n) is 4.97. The molecule has 1 aromatic heterocycles. The van der Waals surface area contributed by atoms with Crippen LogP contribution in [-0.2, 0) is 6.54 Å². The third kappa shape index (κ3) is 5.36. The van der Waals surface area contributed by atoms with E-state index in [9.17, 15) is 0 Å². The van der Waals surface area contributed by atoms with E-state index in [4.69, 9.17) is 19.4 Å². The Morgan fingerprint density at radius 2 is 1.62 bits per heavy atom. The molecular formula is C27H35N5O2. The maximum Gasteiger partial charge on any atom is 0.225 e. The number of para-hydroxylation sites is 1. The first-order chi connectivity index (χ1) is 16.7. The lowest BCUT2D eigenvalue weighted by atomic mass is 9.82. The second kappa shape index (κ2) is 10.5. The van der Waals surface area contributed by atoms with Crippen molar-refractivity contribution in [1.29, 1.82) is 0 Å². The monoisotopic (exact) mass is 461 g/mol. The minimum absolute atomic E-state index is 0.631. The maximum absolute atomic E-state index is 5.70. The largest absolute Gasteiger partial charge is 0.486 e. The summed E-state index contributed by atoms with van der Waals surface area (Å²) in [5.74, 6) is 4.82. The average molecular weight is 462 g/mol. The summed E-state index contributed by atoms with van der Waals surface area (Å²) in [7, 11) is 4.06. The lowest BCUT2D eigenvalue weighted by molar-refractivity contribution is 0.171. The van der Waals surface area contributed by atoms with E-state index in [0.29, 0.717) is 19.1 Å². The van der Waals surface area contributed by atoms with Crippen molar-refractivity contribution < 1.29 is 9.47 Å². The molecule has 2 aliphatic rings. The van der Waals surface area contributed by atoms with Crippen LogP contribution in [0.15, 0.2) is 42.5 Å². The zero-order valence-electron chi connectivity index (χ0n) is 20.2. The minimum Gasteiger partial charge on any atom is -0.486 e. The highest BCUT2D eigenvalue weighted by atomic mass is 16.6. The number of fused-ring (bicyclic) bond motifs is 2. The van der Waals surface area contributed by atoms with Crippen LogP contribution in [0.25, 0.3) is 10.9 Å². The molecule has 2 heterocycles. The molecule has 0 atom stereocenters. The molecule has 5 rings (SSSR count). The number of nitrogens with one attached hydrogen (secondary N) is 2. The van der Waals surface area contributed by atoms with Gasteiger partial charge in [-0.25, -0.2) is 4.98 Å². The quantitative estimate of drug-likeness (QED) is 0.513. The summed E-state index contributed by atoms with van der Waals surface area (Å²) >= 11 is 0. The van der Waals surface area contributed by atoms with Crippen molar-refractivity contribution in [2.24, 2.45) is 11.8 Å². The highest BCUT2D eigenvalue weighted by Gasteiger charge is 2.21. The van der Waals surface area contributed by atoms with E-state index in [1.807, 2.05) is 32.3 Å². The number of anilines is 2. The van der Waals surface area contributed by atoms with Gasteiger partial charge in [0, 0.05) is 32.6 Å². The molecule has 7 heteroatoms. The fourth-order valence-corrected chi connectivity index (χ4v) is 4.97. The summed E-state index contributed by atoms with van der Waals surface area (Å²) in [6, 6.07) is 14.4. The van der Waals surface area contributed by atoms with Crippen molar-refractivity contribution in [1.82, 2.24) is 15.3 Å². The number of ether oxygens (including phenoxy) is 2. The second-order valence-electron chi connectivity index (χ2n) is 9.66. The van der Waals surface area contributed by atoms with Crippen LogP contribution in [0.2, 0.25) is 0 Å². The fraction of sp³-hybridized carbons (Fsp3) is 0.481. The van der Waals surface area contributed by atoms with E-state index in [1.165, 1.54) is 31.2 Å². The van der Waals surface area contributed by atoms with Crippen LogP contribution >= 0.6 is 0 Å². The minimum atomic E-state index is 0.631. The van der Waals surface area contributed by atoms with Crippen molar-refractivity contribution >= 4 is 22.7 Å². The third-order valence-electron chi connectivity index (χ3n) is 6.89. The first-order valence-corrected chi connectivity index (χ1v) is 12.4. The van der Waals surface area contributed by atoms with Crippen LogP contribution in [0.4, 0.5) is 11.8 Å². The van der Waals surface area contributed by atoms with Crippen LogP contribution in [0, 0.1) is 11.8 Å². The summed E-state index contributed by atoms with van der Waals surface area (Å²) in [6.45, 7) is 4.13. The number of aromatic nitrogens is 2. The Balaban J connectivity index is 1.07. The number of nitrogens with zero attached hydrogens (tertiary/aromatic N) is 3. The van der Waals surface area contributed by atoms with Crippen molar-refractivity contribution in [2.45, 2.75) is 32.2 Å². The van der Waals surface area contributed by atoms with Crippen LogP contribution in [0.3, 0.4) is 0 Å². The molecule has 180 valence electrons. The van der Waals surface area contributed by atoms with Gasteiger partial charge in [-0.05, 0) is 73.9 Å². The molecule has 0 spiro atoms. The Bertz CT molecular complexity index is 1110. The Kier molecular flexibility index (Phi) is 7.00. The standard InChI is InChI=1S/C27H35N5O2/c1-32(2)26-22-5-3-4-6-23(22)30-27(31-26)29-18-20-9-7-19(8-10-20)16-28-17-21-11-12-24-25(15-21)34-14-13-33-24/h3-6,11-12,15,19-20,28H,7-10,13-14,16-18H2,1-2H3,(H,29,30,31). The summed E-state index contributed by atoms with van der Waals surface area (Å²) in [4.78, 5) is 11.6. The van der Waals surface area contributed by atoms with Crippen molar-refractivity contribution in [3.63, 3.8) is 0 Å². The van der Waals surface area contributed by atoms with Gasteiger partial charge in [0.2, 0.25) is 5.95 Å². The van der Waals surface area contributed by atoms with Gasteiger partial charge in [0.05, 0.1) is 5.52 Å². The van der Waals surface area contributed by atoms with Gasteiger partial charge in [0.25, 0.3) is 0 Å². The van der Waals surface area contributed by atoms with Crippen LogP contribution < -0.4 is 25.0 Å². The van der Waals surface area contributed by atoms with E-state index >= 15 is 0 Å². The molecular weight excluding hydrogens is 426 g/mol. The van der Waals surface area contributed by atoms with Gasteiger partial charge in [-0.2, -0.15) is 4.98 Å². The molecule has 0 saturated heterocycles. The topological polar surface area (TPSA) is 71.5 Å². The molecule has 1 saturated carbocycles. The van der Waals surface area contributed by atoms with Crippen molar-refractivity contribution in [3.8, 4) is 11.5 Å². The van der Waals surface area contributed by atoms with E-state index in [1.54, 1.807) is 0 Å². The van der Waals surface area contributed by atoms with Gasteiger partial charge < -0.3 is 25.0 Å². The molecule has 2 N–H and O–H groups in total. The smallest absolute Gasteiger partial charge is 0.225 e. The molecule has 0 unspecified atom stereocenters. The number of hydrogen-bond donors (Lipinski definition) is 2. The van der Waals surface area contributed by atoms with Gasteiger partial charge in [-0.3, -0.25) is 0 Å². The van der Waals surface area contributed by atoms with E-state index in [2.05, 4.69) is 39.8 Å². The normalized spacial score (nSPS) is 19.7. The zero-order chi connectivity index (χ0) is 23.3. The maximum atomic E-state index is 5.70. The van der Waals surface area contributed by atoms with Gasteiger partial charge in [0.15, 0.2) is 11.5 Å². The SMILES string of the molecule is CN(C)c1nc(NCC2CCC(CNCc3ccc4c(c3)OCCO4)CC2)nc2ccccc12. The lowest BCUT2D eigenvalue weighted by Crippen LogP contribution is -2.28. The molecule has 34 heavy (non-hydrogen) atoms. The molecule has 1 fully saturated rings. The lowest BCUT2D eigenvalue weighted by Gasteiger charge is -2.29. The first-order valence-electron chi connectivity index (χ1n) is 12.4. The number of hydrogen-bond acceptors (Lipinski definition) is 7. The summed E-state index contributed by atoms with van der Waals surface area (Å²) < 4.78 is 11.3. The second-order valence-corrected chi connectivity index (χ2v) is 9.66. The molecule has 3 aromatic rings. The number of benzene rings is 2. The van der Waals surface area contributed by atoms with E-state index in [-0.39, 0.29) is 0 Å². The summed E-state index contributed by atoms with van der Waals surface area (Å²) in [5, 5.41) is 8.25. The van der Waals surface area contributed by atoms with Crippen LogP contribution in [-0.4, -0.2) is 50.4 Å². The molecule has 0 bridgehead atoms. The Morgan fingerprint density at radius 3 is 2.41 bits per heavy atom. The summed E-state index contributed by atoms with van der Waals surface area (Å²) in [6.07, 6.45) is 5.03. The molecule has 0 radical (unpaired) electrons. The predicted octanol–water partition coefficient (Wildman–Crippen LogP) is 4.48. The molecule has 7 nitrogen and oxygen atoms in total. The Labute approximate surface area is 201 Å². The predicted molar refractivity (Wildman–Crippen MR) is 137 cm³/mol. The van der Waals surface area contributed by atoms with E-state index < -0.39 is 0 Å². The highest BCUT2D eigenvalue weighted by Crippen LogP contribution is 2.31. The molecule has 2 aromatic carbocycles. The van der Waals surface area contributed by atoms with E-state index in [0.717, 1.165) is 59.7 Å². The molecule has 1 aliphatic heterocycles. The van der Waals surface area contributed by atoms with Crippen molar-refractivity contribution in [3.05, 3.63) is 48.0 Å². The highest BCUT2D eigenvalue weighted by molar-refractivity contribution is 5.90. The Hall–Kier alpha value is -3.06. The molecule has 0 amide bonds. The summed E-state index contributed by atoms with van der Waals surface area (Å²) in [5.41, 5.74) is 2.23. The van der Waals surface area contributed by atoms with Gasteiger partial charge in [-0.1, -0.05) is 18.2 Å². The Morgan fingerprint density at radius 1 is 0.882 bits per heavy atom. The van der Waals surface area contributed by atoms with Gasteiger partial charge in [0.1, 0.15) is 19.0 Å².